The molecule has 6 nitrogen and oxygen atoms in total. The molecule has 2 aromatic heterocycles. The summed E-state index contributed by atoms with van der Waals surface area (Å²) in [7, 11) is 0. The van der Waals surface area contributed by atoms with Crippen LogP contribution in [0.3, 0.4) is 0 Å². The summed E-state index contributed by atoms with van der Waals surface area (Å²) >= 11 is 0. The Morgan fingerprint density at radius 2 is 1.88 bits per heavy atom. The molecule has 0 bridgehead atoms. The Labute approximate surface area is 146 Å². The van der Waals surface area contributed by atoms with E-state index >= 15 is 0 Å². The van der Waals surface area contributed by atoms with Crippen LogP contribution in [0.5, 0.6) is 0 Å². The highest BCUT2D eigenvalue weighted by molar-refractivity contribution is 6.00. The number of rotatable bonds is 1. The first-order valence-corrected chi connectivity index (χ1v) is 9.19. The molecule has 0 radical (unpaired) electrons. The summed E-state index contributed by atoms with van der Waals surface area (Å²) < 4.78 is 7.87. The number of hydrogen-bond acceptors (Lipinski definition) is 5. The smallest absolute Gasteiger partial charge is 0.185 e. The average Bonchev–Trinajstić information content (AvgIpc) is 3.18. The quantitative estimate of drug-likeness (QED) is 0.683. The van der Waals surface area contributed by atoms with E-state index in [1.807, 2.05) is 11.4 Å². The van der Waals surface area contributed by atoms with E-state index in [0.717, 1.165) is 54.4 Å². The third-order valence-electron chi connectivity index (χ3n) is 5.80. The Morgan fingerprint density at radius 3 is 2.72 bits per heavy atom. The summed E-state index contributed by atoms with van der Waals surface area (Å²) in [5.74, 6) is 1.85. The molecule has 0 unspecified atom stereocenters. The van der Waals surface area contributed by atoms with Crippen molar-refractivity contribution in [3.63, 3.8) is 0 Å². The third kappa shape index (κ3) is 2.39. The predicted octanol–water partition coefficient (Wildman–Crippen LogP) is 2.98. The lowest BCUT2D eigenvalue weighted by molar-refractivity contribution is 0.0733. The van der Waals surface area contributed by atoms with Gasteiger partial charge in [0.25, 0.3) is 0 Å². The van der Waals surface area contributed by atoms with Crippen LogP contribution in [0.15, 0.2) is 24.3 Å². The maximum Gasteiger partial charge on any atom is 0.185 e. The lowest BCUT2D eigenvalue weighted by atomic mass is 9.86. The van der Waals surface area contributed by atoms with Crippen molar-refractivity contribution in [1.29, 1.82) is 0 Å². The molecule has 2 aliphatic rings. The number of benzene rings is 1. The summed E-state index contributed by atoms with van der Waals surface area (Å²) in [5, 5.41) is 15.8. The highest BCUT2D eigenvalue weighted by Gasteiger charge is 2.38. The molecule has 0 atom stereocenters. The second-order valence-electron chi connectivity index (χ2n) is 7.53. The maximum absolute atomic E-state index is 5.99. The van der Waals surface area contributed by atoms with Crippen LogP contribution in [0.2, 0.25) is 0 Å². The van der Waals surface area contributed by atoms with Gasteiger partial charge in [0.1, 0.15) is 0 Å². The van der Waals surface area contributed by atoms with Crippen molar-refractivity contribution in [3.8, 4) is 0 Å². The highest BCUT2D eigenvalue weighted by atomic mass is 16.5. The van der Waals surface area contributed by atoms with Gasteiger partial charge in [0, 0.05) is 29.3 Å². The van der Waals surface area contributed by atoms with Gasteiger partial charge in [-0.15, -0.1) is 15.3 Å². The molecule has 5 rings (SSSR count). The van der Waals surface area contributed by atoms with Crippen LogP contribution in [0, 0.1) is 12.3 Å². The van der Waals surface area contributed by atoms with E-state index < -0.39 is 0 Å². The molecule has 1 aliphatic carbocycles. The second kappa shape index (κ2) is 5.66. The number of ether oxygens (including phenoxy) is 1. The predicted molar refractivity (Wildman–Crippen MR) is 97.0 cm³/mol. The van der Waals surface area contributed by atoms with E-state index in [9.17, 15) is 0 Å². The zero-order chi connectivity index (χ0) is 16.9. The minimum atomic E-state index is 0.288. The fraction of sp³-hybridized carbons (Fsp3) is 0.526. The van der Waals surface area contributed by atoms with Crippen molar-refractivity contribution < 1.29 is 4.74 Å². The number of nitrogens with zero attached hydrogens (tertiary/aromatic N) is 5. The minimum Gasteiger partial charge on any atom is -0.379 e. The second-order valence-corrected chi connectivity index (χ2v) is 7.53. The van der Waals surface area contributed by atoms with Crippen molar-refractivity contribution in [2.75, 3.05) is 31.2 Å². The maximum atomic E-state index is 5.99. The number of anilines is 1. The van der Waals surface area contributed by atoms with Gasteiger partial charge in [-0.25, -0.2) is 0 Å². The summed E-state index contributed by atoms with van der Waals surface area (Å²) in [6.07, 6.45) is 5.15. The Morgan fingerprint density at radius 1 is 1.08 bits per heavy atom. The Hall–Kier alpha value is -2.21. The molecule has 1 spiro atoms. The van der Waals surface area contributed by atoms with E-state index in [2.05, 4.69) is 39.4 Å². The molecule has 130 valence electrons. The number of aromatic nitrogens is 4. The molecule has 25 heavy (non-hydrogen) atoms. The zero-order valence-electron chi connectivity index (χ0n) is 14.6. The molecule has 6 heteroatoms. The van der Waals surface area contributed by atoms with Gasteiger partial charge < -0.3 is 9.64 Å². The topological polar surface area (TPSA) is 55.5 Å². The molecular weight excluding hydrogens is 314 g/mol. The van der Waals surface area contributed by atoms with E-state index in [-0.39, 0.29) is 5.41 Å². The summed E-state index contributed by atoms with van der Waals surface area (Å²) in [4.78, 5) is 2.43. The number of fused-ring (bicyclic) bond motifs is 3. The van der Waals surface area contributed by atoms with Crippen LogP contribution in [0.4, 0.5) is 5.82 Å². The van der Waals surface area contributed by atoms with Gasteiger partial charge in [-0.05, 0) is 19.8 Å². The van der Waals surface area contributed by atoms with E-state index in [1.165, 1.54) is 25.7 Å². The molecule has 3 heterocycles. The molecule has 3 aromatic rings. The zero-order valence-corrected chi connectivity index (χ0v) is 14.6. The van der Waals surface area contributed by atoms with Crippen molar-refractivity contribution >= 4 is 22.2 Å². The van der Waals surface area contributed by atoms with Crippen molar-refractivity contribution in [1.82, 2.24) is 19.8 Å². The largest absolute Gasteiger partial charge is 0.379 e. The first kappa shape index (κ1) is 15.1. The summed E-state index contributed by atoms with van der Waals surface area (Å²) in [5.41, 5.74) is 1.12. The van der Waals surface area contributed by atoms with Gasteiger partial charge in [-0.1, -0.05) is 37.1 Å². The van der Waals surface area contributed by atoms with Crippen LogP contribution < -0.4 is 4.90 Å². The number of hydrogen-bond donors (Lipinski definition) is 0. The Balaban J connectivity index is 1.68. The normalized spacial score (nSPS) is 20.6. The van der Waals surface area contributed by atoms with Gasteiger partial charge in [0.05, 0.1) is 13.2 Å². The molecule has 1 aliphatic heterocycles. The molecule has 0 amide bonds. The van der Waals surface area contributed by atoms with Crippen molar-refractivity contribution in [2.24, 2.45) is 5.41 Å². The molecule has 2 fully saturated rings. The van der Waals surface area contributed by atoms with Crippen LogP contribution in [0.1, 0.15) is 31.5 Å². The standard InChI is InChI=1S/C19H23N5O/c1-14-20-21-17-15-6-2-3-7-16(15)18(22-24(14)17)23-10-11-25-13-19(12-23)8-4-5-9-19/h2-3,6-7H,4-5,8-13H2,1H3. The van der Waals surface area contributed by atoms with Gasteiger partial charge in [-0.2, -0.15) is 4.52 Å². The van der Waals surface area contributed by atoms with Crippen LogP contribution in [-0.4, -0.2) is 46.1 Å². The molecule has 1 aromatic carbocycles. The lowest BCUT2D eigenvalue weighted by Crippen LogP contribution is -2.37. The SMILES string of the molecule is Cc1nnc2c3ccccc3c(N3CCOCC4(CCCC4)C3)nn12. The first-order chi connectivity index (χ1) is 12.3. The van der Waals surface area contributed by atoms with Gasteiger partial charge >= 0.3 is 0 Å². The van der Waals surface area contributed by atoms with E-state index in [4.69, 9.17) is 9.84 Å². The monoisotopic (exact) mass is 337 g/mol. The van der Waals surface area contributed by atoms with E-state index in [0.29, 0.717) is 0 Å². The number of aryl methyl sites for hydroxylation is 1. The van der Waals surface area contributed by atoms with Gasteiger partial charge in [0.2, 0.25) is 0 Å². The molecule has 1 saturated heterocycles. The molecule has 0 N–H and O–H groups in total. The third-order valence-corrected chi connectivity index (χ3v) is 5.80. The molecule has 1 saturated carbocycles. The minimum absolute atomic E-state index is 0.288. The van der Waals surface area contributed by atoms with Crippen molar-refractivity contribution in [3.05, 3.63) is 30.1 Å². The van der Waals surface area contributed by atoms with Crippen LogP contribution in [0.25, 0.3) is 16.4 Å². The fourth-order valence-electron chi connectivity index (χ4n) is 4.50. The lowest BCUT2D eigenvalue weighted by Gasteiger charge is -2.32. The van der Waals surface area contributed by atoms with Crippen molar-refractivity contribution in [2.45, 2.75) is 32.6 Å². The fourth-order valence-corrected chi connectivity index (χ4v) is 4.50. The highest BCUT2D eigenvalue weighted by Crippen LogP contribution is 2.41. The van der Waals surface area contributed by atoms with Gasteiger partial charge in [-0.3, -0.25) is 0 Å². The summed E-state index contributed by atoms with van der Waals surface area (Å²) in [6, 6.07) is 8.39. The summed E-state index contributed by atoms with van der Waals surface area (Å²) in [6.45, 7) is 5.50. The van der Waals surface area contributed by atoms with Crippen LogP contribution >= 0.6 is 0 Å². The molecular formula is C19H23N5O. The average molecular weight is 337 g/mol. The van der Waals surface area contributed by atoms with Gasteiger partial charge in [0.15, 0.2) is 17.3 Å². The Kier molecular flexibility index (Phi) is 3.41. The first-order valence-electron chi connectivity index (χ1n) is 9.19. The van der Waals surface area contributed by atoms with Crippen LogP contribution in [-0.2, 0) is 4.74 Å². The van der Waals surface area contributed by atoms with E-state index in [1.54, 1.807) is 0 Å². The Bertz CT molecular complexity index is 928.